The second kappa shape index (κ2) is 54.1. The summed E-state index contributed by atoms with van der Waals surface area (Å²) >= 11 is -0.454. The van der Waals surface area contributed by atoms with Crippen molar-refractivity contribution >= 4 is 71.2 Å². The van der Waals surface area contributed by atoms with E-state index in [1.54, 1.807) is 0 Å². The second-order valence-corrected chi connectivity index (χ2v) is 23.8. The topological polar surface area (TPSA) is 462 Å². The number of carboxylic acids is 4. The Morgan fingerprint density at radius 1 is 0.409 bits per heavy atom. The summed E-state index contributed by atoms with van der Waals surface area (Å²) in [6, 6.07) is -6.36. The molecule has 0 aliphatic carbocycles. The molecule has 0 aromatic carbocycles. The fraction of sp³-hybridized carbons (Fsp3) is 0.789. The molecule has 0 aliphatic rings. The summed E-state index contributed by atoms with van der Waals surface area (Å²) in [5.41, 5.74) is 0. The van der Waals surface area contributed by atoms with Gasteiger partial charge in [0, 0.05) is 45.2 Å². The predicted octanol–water partition coefficient (Wildman–Crippen LogP) is -2.95. The van der Waals surface area contributed by atoms with Crippen molar-refractivity contribution in [3.63, 3.8) is 0 Å². The third-order valence-electron chi connectivity index (χ3n) is 13.2. The molecule has 31 heteroatoms. The van der Waals surface area contributed by atoms with Crippen LogP contribution >= 0.6 is 0 Å². The van der Waals surface area contributed by atoms with Gasteiger partial charge in [-0.2, -0.15) is 0 Å². The van der Waals surface area contributed by atoms with Crippen molar-refractivity contribution in [1.82, 2.24) is 40.7 Å². The van der Waals surface area contributed by atoms with Crippen molar-refractivity contribution in [2.45, 2.75) is 211 Å². The van der Waals surface area contributed by atoms with Crippen molar-refractivity contribution < 1.29 is 129 Å². The van der Waals surface area contributed by atoms with Gasteiger partial charge in [0.25, 0.3) is 0 Å². The summed E-state index contributed by atoms with van der Waals surface area (Å²) in [7, 11) is 0. The van der Waals surface area contributed by atoms with Gasteiger partial charge in [0.15, 0.2) is 0 Å². The quantitative estimate of drug-likeness (QED) is 0.00952. The first kappa shape index (κ1) is 82.1. The molecule has 0 saturated carbocycles. The number of hydrogen-bond acceptors (Lipinski definition) is 18. The van der Waals surface area contributed by atoms with Crippen LogP contribution in [0.3, 0.4) is 0 Å². The number of halogens is 1. The number of amides is 7. The van der Waals surface area contributed by atoms with Gasteiger partial charge in [-0.3, -0.25) is 28.8 Å². The third kappa shape index (κ3) is 48.1. The van der Waals surface area contributed by atoms with E-state index in [1.165, 1.54) is 19.8 Å². The molecule has 0 aliphatic heterocycles. The molecule has 7 amide bonds. The van der Waals surface area contributed by atoms with Gasteiger partial charge in [0.1, 0.15) is 24.7 Å². The number of carbonyl (C=O) groups is 12. The number of aliphatic hydroxyl groups excluding tert-OH is 1. The van der Waals surface area contributed by atoms with Crippen LogP contribution < -0.4 is 62.2 Å². The summed E-state index contributed by atoms with van der Waals surface area (Å²) in [6.45, 7) is 4.15. The molecular formula is C57H101IN8O22. The fourth-order valence-corrected chi connectivity index (χ4v) is 9.90. The monoisotopic (exact) mass is 1380 g/mol. The molecule has 30 nitrogen and oxygen atoms in total. The molecule has 0 unspecified atom stereocenters. The van der Waals surface area contributed by atoms with Gasteiger partial charge in [-0.25, -0.2) is 14.4 Å². The number of carbonyl (C=O) groups excluding carboxylic acids is 8. The minimum atomic E-state index is -1.58. The number of unbranched alkanes of at least 4 members (excludes halogenated alkanes) is 14. The molecule has 6 atom stereocenters. The van der Waals surface area contributed by atoms with Gasteiger partial charge < -0.3 is 61.2 Å². The van der Waals surface area contributed by atoms with Gasteiger partial charge in [0.05, 0.1) is 26.4 Å². The Morgan fingerprint density at radius 2 is 0.784 bits per heavy atom. The zero-order valence-electron chi connectivity index (χ0n) is 51.3. The first-order valence-electron chi connectivity index (χ1n) is 30.5. The van der Waals surface area contributed by atoms with Crippen LogP contribution in [0.5, 0.6) is 0 Å². The Morgan fingerprint density at radius 3 is 1.18 bits per heavy atom. The fourth-order valence-electron chi connectivity index (χ4n) is 8.33. The van der Waals surface area contributed by atoms with E-state index in [9.17, 15) is 78.0 Å². The average molecular weight is 1380 g/mol. The van der Waals surface area contributed by atoms with Crippen LogP contribution in [-0.2, 0) is 76.5 Å². The Hall–Kier alpha value is -5.87. The van der Waals surface area contributed by atoms with Gasteiger partial charge >= 0.3 is 189 Å². The van der Waals surface area contributed by atoms with E-state index >= 15 is 0 Å². The van der Waals surface area contributed by atoms with Crippen molar-refractivity contribution in [2.24, 2.45) is 0 Å². The molecule has 508 valence electrons. The van der Waals surface area contributed by atoms with Gasteiger partial charge in [-0.05, 0) is 32.1 Å². The number of alkyl halides is 1. The Balaban J connectivity index is 4.17. The van der Waals surface area contributed by atoms with Crippen LogP contribution in [0.25, 0.3) is 0 Å². The van der Waals surface area contributed by atoms with Crippen LogP contribution in [0.2, 0.25) is 0 Å². The number of aliphatic carboxylic acids is 4. The standard InChI is InChI=1S/C57H100IN8O22/c1-3-58-66-41(53(76)65-52(40(2)67)57(83)84)20-18-19-29-59-49(72)38-87-36-35-86-33-31-61-50(73)39-88-37-34-85-32-30-60-45(68)26-23-42(54(77)78)63-47(70)28-25-44(56(81)82)64-48(71)27-24-43(55(79)80)62-46(69)21-16-14-12-10-8-6-4-5-7-9-11-13-15-17-22-51(74)75/h40-44,52,66-67H,3-39H2,1-2H3,(H,59,72)(H,60,68)(H,61,73)(H,62,69)(H,63,70)(H,64,71)(H,65,76)(H,74,75)(H,77,78)(H,79,80)(H,81,82)(H,83,84)/q-1/p+1/t40-,41+,42+,43+,44+,52+/m1/s1. The Labute approximate surface area is 525 Å². The zero-order chi connectivity index (χ0) is 65.7. The molecule has 0 fully saturated rings. The summed E-state index contributed by atoms with van der Waals surface area (Å²) in [5, 5.41) is 71.8. The summed E-state index contributed by atoms with van der Waals surface area (Å²) in [5.74, 6) is -10.1. The van der Waals surface area contributed by atoms with Crippen LogP contribution in [-0.4, -0.2) is 215 Å². The first-order valence-corrected chi connectivity index (χ1v) is 33.1. The molecule has 0 spiro atoms. The number of nitrogens with one attached hydrogen (secondary N) is 8. The zero-order valence-corrected chi connectivity index (χ0v) is 53.4. The number of ether oxygens (including phenoxy) is 4. The van der Waals surface area contributed by atoms with Crippen LogP contribution in [0, 0.1) is 0 Å². The number of hydrogen-bond donors (Lipinski definition) is 13. The maximum atomic E-state index is 12.7. The van der Waals surface area contributed by atoms with Crippen LogP contribution in [0.15, 0.2) is 0 Å². The van der Waals surface area contributed by atoms with Gasteiger partial charge in [0.2, 0.25) is 29.5 Å². The molecule has 0 radical (unpaired) electrons. The van der Waals surface area contributed by atoms with E-state index in [-0.39, 0.29) is 104 Å². The summed E-state index contributed by atoms with van der Waals surface area (Å²) in [4.78, 5) is 145. The van der Waals surface area contributed by atoms with E-state index in [0.29, 0.717) is 32.2 Å². The third-order valence-corrected chi connectivity index (χ3v) is 15.2. The van der Waals surface area contributed by atoms with Gasteiger partial charge in [-0.1, -0.05) is 77.0 Å². The number of carboxylic acid groups (broad SMARTS) is 4. The van der Waals surface area contributed by atoms with E-state index in [0.717, 1.165) is 75.1 Å². The molecule has 0 bridgehead atoms. The maximum absolute atomic E-state index is 12.7. The average Bonchev–Trinajstić information content (AvgIpc) is 3.62. The van der Waals surface area contributed by atoms with Crippen molar-refractivity contribution in [3.05, 3.63) is 0 Å². The van der Waals surface area contributed by atoms with E-state index in [2.05, 4.69) is 40.7 Å². The second-order valence-electron chi connectivity index (χ2n) is 20.9. The Bertz CT molecular complexity index is 2060. The summed E-state index contributed by atoms with van der Waals surface area (Å²) in [6.07, 6.45) is 12.5. The molecule has 88 heavy (non-hydrogen) atoms. The van der Waals surface area contributed by atoms with Crippen molar-refractivity contribution in [1.29, 1.82) is 0 Å². The van der Waals surface area contributed by atoms with E-state index in [4.69, 9.17) is 29.2 Å². The van der Waals surface area contributed by atoms with Crippen molar-refractivity contribution in [3.8, 4) is 0 Å². The molecule has 0 rings (SSSR count). The van der Waals surface area contributed by atoms with Crippen molar-refractivity contribution in [2.75, 3.05) is 76.9 Å². The molecule has 0 aromatic heterocycles. The van der Waals surface area contributed by atoms with E-state index in [1.807, 2.05) is 6.92 Å². The molecule has 0 aromatic rings. The normalized spacial score (nSPS) is 13.2. The number of aliphatic hydroxyl groups is 1. The molecule has 15 N–H and O–H groups in total. The number of rotatable bonds is 60. The summed E-state index contributed by atoms with van der Waals surface area (Å²) < 4.78 is 25.4. The van der Waals surface area contributed by atoms with Crippen LogP contribution in [0.1, 0.15) is 174 Å². The predicted molar refractivity (Wildman–Crippen MR) is 314 cm³/mol. The molecule has 0 heterocycles. The molecular weight excluding hydrogens is 1280 g/mol. The minimum absolute atomic E-state index is 0.0553. The molecule has 0 saturated heterocycles. The van der Waals surface area contributed by atoms with Gasteiger partial charge in [-0.15, -0.1) is 0 Å². The van der Waals surface area contributed by atoms with Crippen LogP contribution in [0.4, 0.5) is 0 Å². The van der Waals surface area contributed by atoms with E-state index < -0.39 is 142 Å². The Kier molecular flexibility index (Phi) is 50.5. The SMILES string of the molecule is CC[I-]N[C@@H](CCCCNC(=O)COCCOCCNC(=O)COCCOCCNC(=O)CC[C@H](NC(=O)CC[C@H](NC(=O)CC[C@H](NC(=O)CCCCCCCCCCCCCCCCC(=O)O)C(=O)O)C(=O)O)C(=O)O)C(=O)N[C@H](C(=O)[OH2+])[C@@H](C)O. The first-order chi connectivity index (χ1) is 42.1.